The van der Waals surface area contributed by atoms with E-state index in [1.807, 2.05) is 6.20 Å². The molecule has 0 bridgehead atoms. The third-order valence-corrected chi connectivity index (χ3v) is 3.52. The Labute approximate surface area is 102 Å². The van der Waals surface area contributed by atoms with Crippen molar-refractivity contribution in [2.75, 3.05) is 18.0 Å². The fraction of sp³-hybridized carbons (Fsp3) is 0.667. The van der Waals surface area contributed by atoms with Crippen LogP contribution >= 0.6 is 11.6 Å². The van der Waals surface area contributed by atoms with Gasteiger partial charge in [0.25, 0.3) is 0 Å². The molecule has 0 unspecified atom stereocenters. The number of nitrogens with zero attached hydrogens (tertiary/aromatic N) is 3. The molecule has 3 nitrogen and oxygen atoms in total. The summed E-state index contributed by atoms with van der Waals surface area (Å²) in [4.78, 5) is 11.0. The highest BCUT2D eigenvalue weighted by molar-refractivity contribution is 6.16. The molecule has 1 saturated heterocycles. The van der Waals surface area contributed by atoms with E-state index in [-0.39, 0.29) is 0 Å². The molecule has 0 radical (unpaired) electrons. The number of hydrogen-bond acceptors (Lipinski definition) is 3. The SMILES string of the molecule is CC1(C)CCN(c2cncc(CCl)n2)CC1. The lowest BCUT2D eigenvalue weighted by atomic mass is 9.83. The van der Waals surface area contributed by atoms with Crippen LogP contribution in [0, 0.1) is 5.41 Å². The fourth-order valence-electron chi connectivity index (χ4n) is 1.95. The van der Waals surface area contributed by atoms with E-state index in [0.29, 0.717) is 11.3 Å². The molecular weight excluding hydrogens is 222 g/mol. The van der Waals surface area contributed by atoms with Gasteiger partial charge in [-0.1, -0.05) is 13.8 Å². The Morgan fingerprint density at radius 2 is 2.00 bits per heavy atom. The summed E-state index contributed by atoms with van der Waals surface area (Å²) in [5.41, 5.74) is 1.32. The molecule has 1 aromatic heterocycles. The van der Waals surface area contributed by atoms with Crippen LogP contribution in [-0.4, -0.2) is 23.1 Å². The summed E-state index contributed by atoms with van der Waals surface area (Å²) in [6.45, 7) is 6.78. The summed E-state index contributed by atoms with van der Waals surface area (Å²) in [5, 5.41) is 0. The summed E-state index contributed by atoms with van der Waals surface area (Å²) >= 11 is 5.76. The third-order valence-electron chi connectivity index (χ3n) is 3.25. The van der Waals surface area contributed by atoms with E-state index in [1.165, 1.54) is 12.8 Å². The van der Waals surface area contributed by atoms with Gasteiger partial charge in [0, 0.05) is 19.3 Å². The van der Waals surface area contributed by atoms with E-state index >= 15 is 0 Å². The average molecular weight is 240 g/mol. The van der Waals surface area contributed by atoms with Crippen molar-refractivity contribution >= 4 is 17.4 Å². The molecule has 0 saturated carbocycles. The summed E-state index contributed by atoms with van der Waals surface area (Å²) in [6, 6.07) is 0. The maximum absolute atomic E-state index is 5.76. The monoisotopic (exact) mass is 239 g/mol. The van der Waals surface area contributed by atoms with Crippen LogP contribution < -0.4 is 4.90 Å². The number of piperidine rings is 1. The van der Waals surface area contributed by atoms with Gasteiger partial charge in [-0.2, -0.15) is 0 Å². The molecule has 1 aromatic rings. The molecular formula is C12H18ClN3. The second-order valence-electron chi connectivity index (χ2n) is 5.15. The standard InChI is InChI=1S/C12H18ClN3/c1-12(2)3-5-16(6-4-12)11-9-14-8-10(7-13)15-11/h8-9H,3-7H2,1-2H3. The van der Waals surface area contributed by atoms with Crippen molar-refractivity contribution < 1.29 is 0 Å². The fourth-order valence-corrected chi connectivity index (χ4v) is 2.08. The highest BCUT2D eigenvalue weighted by atomic mass is 35.5. The zero-order valence-electron chi connectivity index (χ0n) is 9.91. The number of rotatable bonds is 2. The van der Waals surface area contributed by atoms with Gasteiger partial charge in [-0.15, -0.1) is 11.6 Å². The Balaban J connectivity index is 2.08. The quantitative estimate of drug-likeness (QED) is 0.744. The van der Waals surface area contributed by atoms with Gasteiger partial charge in [-0.3, -0.25) is 4.98 Å². The average Bonchev–Trinajstić information content (AvgIpc) is 2.29. The van der Waals surface area contributed by atoms with Gasteiger partial charge in [0.2, 0.25) is 0 Å². The summed E-state index contributed by atoms with van der Waals surface area (Å²) in [5.74, 6) is 1.40. The summed E-state index contributed by atoms with van der Waals surface area (Å²) in [6.07, 6.45) is 5.97. The van der Waals surface area contributed by atoms with E-state index in [4.69, 9.17) is 11.6 Å². The lowest BCUT2D eigenvalue weighted by molar-refractivity contribution is 0.279. The summed E-state index contributed by atoms with van der Waals surface area (Å²) in [7, 11) is 0. The topological polar surface area (TPSA) is 29.0 Å². The minimum atomic E-state index is 0.431. The van der Waals surface area contributed by atoms with Crippen LogP contribution in [-0.2, 0) is 5.88 Å². The first-order valence-corrected chi connectivity index (χ1v) is 6.26. The predicted molar refractivity (Wildman–Crippen MR) is 66.8 cm³/mol. The van der Waals surface area contributed by atoms with Gasteiger partial charge in [-0.05, 0) is 18.3 Å². The Hall–Kier alpha value is -0.830. The third kappa shape index (κ3) is 2.64. The number of alkyl halides is 1. The first-order valence-electron chi connectivity index (χ1n) is 5.72. The summed E-state index contributed by atoms with van der Waals surface area (Å²) < 4.78 is 0. The molecule has 0 N–H and O–H groups in total. The van der Waals surface area contributed by atoms with Gasteiger partial charge in [-0.25, -0.2) is 4.98 Å². The number of aromatic nitrogens is 2. The van der Waals surface area contributed by atoms with Gasteiger partial charge >= 0.3 is 0 Å². The Bertz CT molecular complexity index is 355. The van der Waals surface area contributed by atoms with Crippen LogP contribution in [0.25, 0.3) is 0 Å². The van der Waals surface area contributed by atoms with Crippen LogP contribution in [0.1, 0.15) is 32.4 Å². The smallest absolute Gasteiger partial charge is 0.147 e. The molecule has 0 atom stereocenters. The van der Waals surface area contributed by atoms with Crippen molar-refractivity contribution in [3.05, 3.63) is 18.1 Å². The first kappa shape index (κ1) is 11.6. The van der Waals surface area contributed by atoms with E-state index < -0.39 is 0 Å². The molecule has 2 rings (SSSR count). The first-order chi connectivity index (χ1) is 7.61. The normalized spacial score (nSPS) is 19.8. The largest absolute Gasteiger partial charge is 0.355 e. The molecule has 0 aromatic carbocycles. The van der Waals surface area contributed by atoms with Crippen LogP contribution in [0.3, 0.4) is 0 Å². The molecule has 88 valence electrons. The molecule has 0 spiro atoms. The second-order valence-corrected chi connectivity index (χ2v) is 5.42. The van der Waals surface area contributed by atoms with Crippen LogP contribution in [0.15, 0.2) is 12.4 Å². The lowest BCUT2D eigenvalue weighted by Crippen LogP contribution is -2.37. The van der Waals surface area contributed by atoms with Crippen molar-refractivity contribution in [1.82, 2.24) is 9.97 Å². The molecule has 4 heteroatoms. The lowest BCUT2D eigenvalue weighted by Gasteiger charge is -2.37. The number of anilines is 1. The van der Waals surface area contributed by atoms with E-state index in [2.05, 4.69) is 28.7 Å². The van der Waals surface area contributed by atoms with Crippen molar-refractivity contribution in [3.8, 4) is 0 Å². The molecule has 1 aliphatic rings. The van der Waals surface area contributed by atoms with Crippen molar-refractivity contribution in [2.45, 2.75) is 32.6 Å². The maximum atomic E-state index is 5.76. The van der Waals surface area contributed by atoms with Gasteiger partial charge in [0.05, 0.1) is 17.8 Å². The second kappa shape index (κ2) is 4.58. The highest BCUT2D eigenvalue weighted by Crippen LogP contribution is 2.31. The zero-order chi connectivity index (χ0) is 11.6. The van der Waals surface area contributed by atoms with E-state index in [9.17, 15) is 0 Å². The molecule has 0 amide bonds. The van der Waals surface area contributed by atoms with Crippen LogP contribution in [0.5, 0.6) is 0 Å². The molecule has 2 heterocycles. The van der Waals surface area contributed by atoms with E-state index in [1.54, 1.807) is 6.20 Å². The van der Waals surface area contributed by atoms with Crippen LogP contribution in [0.2, 0.25) is 0 Å². The van der Waals surface area contributed by atoms with Crippen molar-refractivity contribution in [2.24, 2.45) is 5.41 Å². The van der Waals surface area contributed by atoms with Gasteiger partial charge in [0.1, 0.15) is 5.82 Å². The zero-order valence-corrected chi connectivity index (χ0v) is 10.7. The minimum absolute atomic E-state index is 0.431. The predicted octanol–water partition coefficient (Wildman–Crippen LogP) is 2.84. The van der Waals surface area contributed by atoms with Gasteiger partial charge < -0.3 is 4.90 Å². The Kier molecular flexibility index (Phi) is 3.33. The van der Waals surface area contributed by atoms with Crippen molar-refractivity contribution in [3.63, 3.8) is 0 Å². The van der Waals surface area contributed by atoms with Gasteiger partial charge in [0.15, 0.2) is 0 Å². The number of hydrogen-bond donors (Lipinski definition) is 0. The molecule has 1 fully saturated rings. The highest BCUT2D eigenvalue weighted by Gasteiger charge is 2.26. The van der Waals surface area contributed by atoms with Crippen molar-refractivity contribution in [1.29, 1.82) is 0 Å². The minimum Gasteiger partial charge on any atom is -0.355 e. The van der Waals surface area contributed by atoms with E-state index in [0.717, 1.165) is 24.6 Å². The Morgan fingerprint density at radius 1 is 1.31 bits per heavy atom. The number of halogens is 1. The molecule has 1 aliphatic heterocycles. The van der Waals surface area contributed by atoms with Crippen LogP contribution in [0.4, 0.5) is 5.82 Å². The molecule has 0 aliphatic carbocycles. The maximum Gasteiger partial charge on any atom is 0.147 e. The Morgan fingerprint density at radius 3 is 2.62 bits per heavy atom. The molecule has 16 heavy (non-hydrogen) atoms.